The number of para-hydroxylation sites is 1. The first kappa shape index (κ1) is 16.9. The number of benzene rings is 1. The van der Waals surface area contributed by atoms with E-state index in [9.17, 15) is 4.79 Å². The molecule has 0 N–H and O–H groups in total. The molecular formula is C18H20BrNO4. The Morgan fingerprint density at radius 1 is 1.21 bits per heavy atom. The van der Waals surface area contributed by atoms with Crippen molar-refractivity contribution in [3.63, 3.8) is 0 Å². The van der Waals surface area contributed by atoms with Crippen LogP contribution in [0.1, 0.15) is 34.4 Å². The Morgan fingerprint density at radius 2 is 1.96 bits per heavy atom. The van der Waals surface area contributed by atoms with Crippen LogP contribution in [-0.4, -0.2) is 30.6 Å². The fraction of sp³-hybridized carbons (Fsp3) is 0.389. The first-order valence-electron chi connectivity index (χ1n) is 7.95. The first-order valence-corrected chi connectivity index (χ1v) is 8.74. The molecule has 2 aromatic rings. The molecule has 1 aliphatic heterocycles. The number of hydrogen-bond acceptors (Lipinski definition) is 4. The number of carbonyl (C=O) groups excluding carboxylic acids is 1. The number of hydrogen-bond donors (Lipinski definition) is 0. The van der Waals surface area contributed by atoms with Crippen molar-refractivity contribution < 1.29 is 18.7 Å². The lowest BCUT2D eigenvalue weighted by molar-refractivity contribution is 0.0746. The molecule has 1 amide bonds. The van der Waals surface area contributed by atoms with Gasteiger partial charge in [0.25, 0.3) is 5.91 Å². The van der Waals surface area contributed by atoms with E-state index < -0.39 is 0 Å². The molecule has 2 heterocycles. The molecule has 5 nitrogen and oxygen atoms in total. The summed E-state index contributed by atoms with van der Waals surface area (Å²) in [5.74, 6) is 2.74. The standard InChI is InChI=1S/C18H20BrNO4/c1-4-20(18(21)15-11(2)24-12(3)16(15)19)10-13-6-5-7-14-17(13)23-9-8-22-14/h5-7H,4,8-10H2,1-3H3. The number of carbonyl (C=O) groups is 1. The van der Waals surface area contributed by atoms with Crippen LogP contribution in [-0.2, 0) is 6.54 Å². The Labute approximate surface area is 149 Å². The Kier molecular flexibility index (Phi) is 4.85. The number of aryl methyl sites for hydroxylation is 2. The van der Waals surface area contributed by atoms with Gasteiger partial charge in [-0.1, -0.05) is 12.1 Å². The molecule has 24 heavy (non-hydrogen) atoms. The topological polar surface area (TPSA) is 51.9 Å². The molecule has 0 saturated carbocycles. The molecule has 128 valence electrons. The average Bonchev–Trinajstić information content (AvgIpc) is 2.84. The number of rotatable bonds is 4. The molecule has 0 spiro atoms. The zero-order valence-electron chi connectivity index (χ0n) is 14.0. The quantitative estimate of drug-likeness (QED) is 0.784. The summed E-state index contributed by atoms with van der Waals surface area (Å²) in [6.45, 7) is 7.71. The van der Waals surface area contributed by atoms with Crippen LogP contribution in [0.2, 0.25) is 0 Å². The van der Waals surface area contributed by atoms with E-state index >= 15 is 0 Å². The van der Waals surface area contributed by atoms with Crippen molar-refractivity contribution in [3.05, 3.63) is 45.3 Å². The van der Waals surface area contributed by atoms with Crippen LogP contribution >= 0.6 is 15.9 Å². The maximum atomic E-state index is 13.0. The highest BCUT2D eigenvalue weighted by molar-refractivity contribution is 9.10. The van der Waals surface area contributed by atoms with Crippen molar-refractivity contribution in [2.75, 3.05) is 19.8 Å². The van der Waals surface area contributed by atoms with E-state index in [1.807, 2.05) is 32.0 Å². The molecule has 6 heteroatoms. The van der Waals surface area contributed by atoms with E-state index in [0.717, 1.165) is 21.5 Å². The second-order valence-corrected chi connectivity index (χ2v) is 6.46. The van der Waals surface area contributed by atoms with Crippen LogP contribution < -0.4 is 9.47 Å². The lowest BCUT2D eigenvalue weighted by Gasteiger charge is -2.25. The monoisotopic (exact) mass is 393 g/mol. The molecule has 3 rings (SSSR count). The van der Waals surface area contributed by atoms with Crippen LogP contribution in [0, 0.1) is 13.8 Å². The summed E-state index contributed by atoms with van der Waals surface area (Å²) in [5.41, 5.74) is 1.52. The minimum Gasteiger partial charge on any atom is -0.486 e. The number of fused-ring (bicyclic) bond motifs is 1. The smallest absolute Gasteiger partial charge is 0.258 e. The maximum Gasteiger partial charge on any atom is 0.258 e. The van der Waals surface area contributed by atoms with E-state index in [4.69, 9.17) is 13.9 Å². The third kappa shape index (κ3) is 3.02. The van der Waals surface area contributed by atoms with Gasteiger partial charge in [0.05, 0.1) is 10.0 Å². The van der Waals surface area contributed by atoms with E-state index in [2.05, 4.69) is 15.9 Å². The van der Waals surface area contributed by atoms with Crippen LogP contribution in [0.5, 0.6) is 11.5 Å². The van der Waals surface area contributed by atoms with Crippen molar-refractivity contribution in [2.24, 2.45) is 0 Å². The van der Waals surface area contributed by atoms with Gasteiger partial charge in [0.2, 0.25) is 0 Å². The third-order valence-corrected chi connectivity index (χ3v) is 5.03. The number of nitrogens with zero attached hydrogens (tertiary/aromatic N) is 1. The van der Waals surface area contributed by atoms with Gasteiger partial charge in [0, 0.05) is 18.7 Å². The Bertz CT molecular complexity index is 769. The van der Waals surface area contributed by atoms with Crippen molar-refractivity contribution in [2.45, 2.75) is 27.3 Å². The van der Waals surface area contributed by atoms with Crippen molar-refractivity contribution in [1.29, 1.82) is 0 Å². The predicted octanol–water partition coefficient (Wildman–Crippen LogP) is 4.09. The van der Waals surface area contributed by atoms with Gasteiger partial charge in [-0.2, -0.15) is 0 Å². The molecule has 0 saturated heterocycles. The molecule has 0 bridgehead atoms. The van der Waals surface area contributed by atoms with E-state index in [0.29, 0.717) is 43.4 Å². The summed E-state index contributed by atoms with van der Waals surface area (Å²) in [5, 5.41) is 0. The number of amides is 1. The van der Waals surface area contributed by atoms with E-state index in [-0.39, 0.29) is 5.91 Å². The van der Waals surface area contributed by atoms with Crippen molar-refractivity contribution >= 4 is 21.8 Å². The SMILES string of the molecule is CCN(Cc1cccc2c1OCCO2)C(=O)c1c(C)oc(C)c1Br. The van der Waals surface area contributed by atoms with Gasteiger partial charge >= 0.3 is 0 Å². The average molecular weight is 394 g/mol. The first-order chi connectivity index (χ1) is 11.5. The number of ether oxygens (including phenoxy) is 2. The fourth-order valence-electron chi connectivity index (χ4n) is 2.85. The maximum absolute atomic E-state index is 13.0. The van der Waals surface area contributed by atoms with Crippen LogP contribution in [0.4, 0.5) is 0 Å². The van der Waals surface area contributed by atoms with Crippen molar-refractivity contribution in [3.8, 4) is 11.5 Å². The van der Waals surface area contributed by atoms with Gasteiger partial charge in [-0.25, -0.2) is 0 Å². The summed E-state index contributed by atoms with van der Waals surface area (Å²) >= 11 is 3.46. The second-order valence-electron chi connectivity index (χ2n) is 5.66. The predicted molar refractivity (Wildman–Crippen MR) is 93.7 cm³/mol. The summed E-state index contributed by atoms with van der Waals surface area (Å²) in [6.07, 6.45) is 0. The van der Waals surface area contributed by atoms with Crippen LogP contribution in [0.15, 0.2) is 27.1 Å². The molecule has 0 atom stereocenters. The highest BCUT2D eigenvalue weighted by Gasteiger charge is 2.25. The zero-order valence-corrected chi connectivity index (χ0v) is 15.6. The third-order valence-electron chi connectivity index (χ3n) is 4.08. The summed E-state index contributed by atoms with van der Waals surface area (Å²) < 4.78 is 17.6. The second kappa shape index (κ2) is 6.89. The molecule has 0 aliphatic carbocycles. The van der Waals surface area contributed by atoms with Gasteiger partial charge in [-0.3, -0.25) is 4.79 Å². The largest absolute Gasteiger partial charge is 0.486 e. The van der Waals surface area contributed by atoms with Crippen LogP contribution in [0.3, 0.4) is 0 Å². The molecule has 0 fully saturated rings. The lowest BCUT2D eigenvalue weighted by Crippen LogP contribution is -2.31. The normalized spacial score (nSPS) is 13.0. The molecular weight excluding hydrogens is 374 g/mol. The highest BCUT2D eigenvalue weighted by atomic mass is 79.9. The Balaban J connectivity index is 1.89. The zero-order chi connectivity index (χ0) is 17.3. The van der Waals surface area contributed by atoms with Crippen LogP contribution in [0.25, 0.3) is 0 Å². The molecule has 1 aromatic carbocycles. The Morgan fingerprint density at radius 3 is 2.62 bits per heavy atom. The molecule has 0 radical (unpaired) electrons. The Hall–Kier alpha value is -1.95. The molecule has 1 aliphatic rings. The lowest BCUT2D eigenvalue weighted by atomic mass is 10.1. The molecule has 0 unspecified atom stereocenters. The van der Waals surface area contributed by atoms with Gasteiger partial charge in [0.1, 0.15) is 24.7 Å². The van der Waals surface area contributed by atoms with Gasteiger partial charge < -0.3 is 18.8 Å². The van der Waals surface area contributed by atoms with E-state index in [1.165, 1.54) is 0 Å². The number of furan rings is 1. The number of halogens is 1. The fourth-order valence-corrected chi connectivity index (χ4v) is 3.38. The minimum absolute atomic E-state index is 0.0620. The van der Waals surface area contributed by atoms with Gasteiger partial charge in [0.15, 0.2) is 11.5 Å². The molecule has 1 aromatic heterocycles. The van der Waals surface area contributed by atoms with Gasteiger partial charge in [-0.05, 0) is 42.8 Å². The summed E-state index contributed by atoms with van der Waals surface area (Å²) in [7, 11) is 0. The summed E-state index contributed by atoms with van der Waals surface area (Å²) in [6, 6.07) is 5.77. The van der Waals surface area contributed by atoms with Gasteiger partial charge in [-0.15, -0.1) is 0 Å². The van der Waals surface area contributed by atoms with E-state index in [1.54, 1.807) is 11.8 Å². The highest BCUT2D eigenvalue weighted by Crippen LogP contribution is 2.35. The van der Waals surface area contributed by atoms with Crippen molar-refractivity contribution in [1.82, 2.24) is 4.90 Å². The summed E-state index contributed by atoms with van der Waals surface area (Å²) in [4.78, 5) is 14.7. The minimum atomic E-state index is -0.0620.